The summed E-state index contributed by atoms with van der Waals surface area (Å²) in [7, 11) is 7.42. The first-order valence-electron chi connectivity index (χ1n) is 4.16. The molecule has 1 rings (SSSR count). The van der Waals surface area contributed by atoms with Crippen LogP contribution >= 0.6 is 0 Å². The van der Waals surface area contributed by atoms with E-state index in [1.807, 2.05) is 35.0 Å². The molecule has 0 unspecified atom stereocenters. The van der Waals surface area contributed by atoms with E-state index in [2.05, 4.69) is 15.0 Å². The van der Waals surface area contributed by atoms with Crippen LogP contribution < -0.4 is 15.5 Å². The number of aromatic nitrogens is 3. The zero-order valence-electron chi connectivity index (χ0n) is 9.43. The number of anilines is 3. The Kier molecular flexibility index (Phi) is 5.00. The molecule has 0 atom stereocenters. The predicted octanol–water partition coefficient (Wildman–Crippen LogP) is -0.599. The van der Waals surface area contributed by atoms with Gasteiger partial charge in [-0.15, -0.1) is 0 Å². The van der Waals surface area contributed by atoms with Crippen molar-refractivity contribution in [2.75, 3.05) is 43.7 Å². The first-order chi connectivity index (χ1) is 7.00. The number of hydrogen-bond donors (Lipinski definition) is 1. The van der Waals surface area contributed by atoms with Crippen LogP contribution in [0.1, 0.15) is 0 Å². The second-order valence-corrected chi connectivity index (χ2v) is 3.08. The highest BCUT2D eigenvalue weighted by atomic mass is 16.1. The Labute approximate surface area is 88.9 Å². The van der Waals surface area contributed by atoms with Crippen LogP contribution in [0.2, 0.25) is 0 Å². The lowest BCUT2D eigenvalue weighted by Gasteiger charge is -2.14. The Hall–Kier alpha value is -1.92. The summed E-state index contributed by atoms with van der Waals surface area (Å²) < 4.78 is 0. The van der Waals surface area contributed by atoms with Crippen LogP contribution in [0.4, 0.5) is 17.8 Å². The maximum absolute atomic E-state index is 8.00. The molecule has 0 aliphatic rings. The van der Waals surface area contributed by atoms with Crippen molar-refractivity contribution in [3.8, 4) is 0 Å². The highest BCUT2D eigenvalue weighted by Gasteiger charge is 2.06. The van der Waals surface area contributed by atoms with Gasteiger partial charge in [0.15, 0.2) is 0 Å². The standard InChI is InChI=1S/C7H14N6.CH2O/c1-12(2)6-9-5(8)10-7(11-6)13(3)4;1-2/h1-4H3,(H2,8,9,10,11);1H2. The summed E-state index contributed by atoms with van der Waals surface area (Å²) in [6.45, 7) is 2.00. The lowest BCUT2D eigenvalue weighted by Crippen LogP contribution is -2.19. The Morgan fingerprint density at radius 3 is 1.53 bits per heavy atom. The molecule has 7 heteroatoms. The molecule has 0 spiro atoms. The third-order valence-electron chi connectivity index (χ3n) is 1.43. The van der Waals surface area contributed by atoms with Crippen molar-refractivity contribution in [1.82, 2.24) is 15.0 Å². The van der Waals surface area contributed by atoms with E-state index in [1.54, 1.807) is 9.80 Å². The molecule has 0 aliphatic heterocycles. The van der Waals surface area contributed by atoms with Gasteiger partial charge in [0.1, 0.15) is 6.79 Å². The average Bonchev–Trinajstić information content (AvgIpc) is 2.19. The molecule has 0 fully saturated rings. The fourth-order valence-corrected chi connectivity index (χ4v) is 0.769. The van der Waals surface area contributed by atoms with E-state index in [-0.39, 0.29) is 5.95 Å². The van der Waals surface area contributed by atoms with Crippen LogP contribution in [0.25, 0.3) is 0 Å². The normalized spacial score (nSPS) is 8.80. The zero-order chi connectivity index (χ0) is 12.0. The molecule has 84 valence electrons. The van der Waals surface area contributed by atoms with E-state index >= 15 is 0 Å². The molecule has 2 N–H and O–H groups in total. The number of carbonyl (C=O) groups excluding carboxylic acids is 1. The SMILES string of the molecule is C=O.CN(C)c1nc(N)nc(N(C)C)n1. The van der Waals surface area contributed by atoms with Crippen LogP contribution in [-0.2, 0) is 4.79 Å². The van der Waals surface area contributed by atoms with E-state index in [0.717, 1.165) is 0 Å². The number of nitrogen functional groups attached to an aromatic ring is 1. The lowest BCUT2D eigenvalue weighted by molar-refractivity contribution is -0.0979. The molecule has 0 aliphatic carbocycles. The number of hydrogen-bond acceptors (Lipinski definition) is 7. The maximum Gasteiger partial charge on any atom is 0.231 e. The summed E-state index contributed by atoms with van der Waals surface area (Å²) in [5.74, 6) is 1.37. The van der Waals surface area contributed by atoms with Crippen molar-refractivity contribution >= 4 is 24.6 Å². The quantitative estimate of drug-likeness (QED) is 0.700. The third-order valence-corrected chi connectivity index (χ3v) is 1.43. The van der Waals surface area contributed by atoms with Gasteiger partial charge in [-0.2, -0.15) is 15.0 Å². The molecule has 15 heavy (non-hydrogen) atoms. The monoisotopic (exact) mass is 212 g/mol. The Balaban J connectivity index is 0.000000921. The van der Waals surface area contributed by atoms with Gasteiger partial charge in [0.05, 0.1) is 0 Å². The van der Waals surface area contributed by atoms with Gasteiger partial charge in [-0.25, -0.2) is 0 Å². The fraction of sp³-hybridized carbons (Fsp3) is 0.500. The summed E-state index contributed by atoms with van der Waals surface area (Å²) in [6.07, 6.45) is 0. The molecule has 0 saturated carbocycles. The third kappa shape index (κ3) is 3.75. The van der Waals surface area contributed by atoms with E-state index in [9.17, 15) is 0 Å². The minimum absolute atomic E-state index is 0.238. The van der Waals surface area contributed by atoms with Crippen molar-refractivity contribution in [2.45, 2.75) is 0 Å². The van der Waals surface area contributed by atoms with Crippen molar-refractivity contribution in [1.29, 1.82) is 0 Å². The fourth-order valence-electron chi connectivity index (χ4n) is 0.769. The number of rotatable bonds is 2. The molecule has 0 amide bonds. The second kappa shape index (κ2) is 5.74. The molecule has 1 heterocycles. The molecular weight excluding hydrogens is 196 g/mol. The molecule has 1 aromatic heterocycles. The summed E-state index contributed by atoms with van der Waals surface area (Å²) in [6, 6.07) is 0. The van der Waals surface area contributed by atoms with Crippen LogP contribution in [-0.4, -0.2) is 49.9 Å². The van der Waals surface area contributed by atoms with Crippen molar-refractivity contribution in [3.63, 3.8) is 0 Å². The van der Waals surface area contributed by atoms with Crippen LogP contribution in [0.5, 0.6) is 0 Å². The maximum atomic E-state index is 8.00. The topological polar surface area (TPSA) is 88.2 Å². The first-order valence-corrected chi connectivity index (χ1v) is 4.16. The van der Waals surface area contributed by atoms with Gasteiger partial charge in [0, 0.05) is 28.2 Å². The van der Waals surface area contributed by atoms with E-state index in [0.29, 0.717) is 11.9 Å². The van der Waals surface area contributed by atoms with Gasteiger partial charge in [0.2, 0.25) is 17.8 Å². The van der Waals surface area contributed by atoms with E-state index in [4.69, 9.17) is 10.5 Å². The van der Waals surface area contributed by atoms with Crippen molar-refractivity contribution < 1.29 is 4.79 Å². The molecule has 1 aromatic rings. The lowest BCUT2D eigenvalue weighted by atomic mass is 10.7. The van der Waals surface area contributed by atoms with Crippen molar-refractivity contribution in [3.05, 3.63) is 0 Å². The van der Waals surface area contributed by atoms with Gasteiger partial charge in [-0.05, 0) is 0 Å². The Morgan fingerprint density at radius 2 is 1.27 bits per heavy atom. The van der Waals surface area contributed by atoms with E-state index < -0.39 is 0 Å². The zero-order valence-corrected chi connectivity index (χ0v) is 9.43. The molecule has 0 saturated heterocycles. The Morgan fingerprint density at radius 1 is 0.933 bits per heavy atom. The van der Waals surface area contributed by atoms with Gasteiger partial charge in [0.25, 0.3) is 0 Å². The molecule has 7 nitrogen and oxygen atoms in total. The summed E-state index contributed by atoms with van der Waals surface area (Å²) in [5.41, 5.74) is 5.52. The Bertz CT molecular complexity index is 288. The van der Waals surface area contributed by atoms with E-state index in [1.165, 1.54) is 0 Å². The molecule has 0 aromatic carbocycles. The first kappa shape index (κ1) is 13.1. The molecule has 0 bridgehead atoms. The van der Waals surface area contributed by atoms with Gasteiger partial charge < -0.3 is 20.3 Å². The van der Waals surface area contributed by atoms with Gasteiger partial charge in [-0.1, -0.05) is 0 Å². The minimum atomic E-state index is 0.238. The largest absolute Gasteiger partial charge is 0.368 e. The minimum Gasteiger partial charge on any atom is -0.368 e. The van der Waals surface area contributed by atoms with Gasteiger partial charge in [-0.3, -0.25) is 0 Å². The summed E-state index contributed by atoms with van der Waals surface area (Å²) in [4.78, 5) is 23.7. The van der Waals surface area contributed by atoms with Crippen molar-refractivity contribution in [2.24, 2.45) is 0 Å². The van der Waals surface area contributed by atoms with Gasteiger partial charge >= 0.3 is 0 Å². The summed E-state index contributed by atoms with van der Waals surface area (Å²) >= 11 is 0. The predicted molar refractivity (Wildman–Crippen MR) is 60.0 cm³/mol. The average molecular weight is 212 g/mol. The molecule has 0 radical (unpaired) electrons. The molecular formula is C8H16N6O. The van der Waals surface area contributed by atoms with Crippen LogP contribution in [0.3, 0.4) is 0 Å². The summed E-state index contributed by atoms with van der Waals surface area (Å²) in [5, 5.41) is 0. The number of nitrogens with zero attached hydrogens (tertiary/aromatic N) is 5. The smallest absolute Gasteiger partial charge is 0.231 e. The number of carbonyl (C=O) groups is 1. The number of nitrogens with two attached hydrogens (primary N) is 1. The highest BCUT2D eigenvalue weighted by Crippen LogP contribution is 2.10. The van der Waals surface area contributed by atoms with Crippen LogP contribution in [0, 0.1) is 0 Å². The highest BCUT2D eigenvalue weighted by molar-refractivity contribution is 5.41. The van der Waals surface area contributed by atoms with Crippen LogP contribution in [0.15, 0.2) is 0 Å². The second-order valence-electron chi connectivity index (χ2n) is 3.08.